The second kappa shape index (κ2) is 2.64. The Labute approximate surface area is 53.3 Å². The van der Waals surface area contributed by atoms with Gasteiger partial charge in [0.05, 0.1) is 0 Å². The van der Waals surface area contributed by atoms with Crippen LogP contribution in [-0.2, 0) is 0 Å². The van der Waals surface area contributed by atoms with Gasteiger partial charge in [0.15, 0.2) is 0 Å². The molecule has 0 saturated carbocycles. The van der Waals surface area contributed by atoms with E-state index in [1.54, 1.807) is 0 Å². The lowest BCUT2D eigenvalue weighted by Crippen LogP contribution is -2.29. The van der Waals surface area contributed by atoms with Crippen molar-refractivity contribution in [3.8, 4) is 0 Å². The lowest BCUT2D eigenvalue weighted by molar-refractivity contribution is 0.816. The van der Waals surface area contributed by atoms with Crippen LogP contribution in [0.25, 0.3) is 0 Å². The van der Waals surface area contributed by atoms with E-state index in [9.17, 15) is 0 Å². The van der Waals surface area contributed by atoms with Gasteiger partial charge in [0, 0.05) is 8.07 Å². The van der Waals surface area contributed by atoms with Gasteiger partial charge < -0.3 is 5.73 Å². The maximum absolute atomic E-state index is 5.61. The van der Waals surface area contributed by atoms with E-state index in [1.165, 1.54) is 6.04 Å². The summed E-state index contributed by atoms with van der Waals surface area (Å²) in [5, 5.41) is 0. The summed E-state index contributed by atoms with van der Waals surface area (Å²) < 4.78 is 0. The van der Waals surface area contributed by atoms with E-state index in [1.807, 2.05) is 0 Å². The van der Waals surface area contributed by atoms with E-state index < -0.39 is 8.07 Å². The van der Waals surface area contributed by atoms with Crippen molar-refractivity contribution in [1.82, 2.24) is 0 Å². The summed E-state index contributed by atoms with van der Waals surface area (Å²) in [6, 6.07) is 1.65. The predicted molar refractivity (Wildman–Crippen MR) is 41.8 cm³/mol. The monoisotopic (exact) mass is 131 g/mol. The summed E-state index contributed by atoms with van der Waals surface area (Å²) >= 11 is 0. The maximum Gasteiger partial charge on any atom is 0.0457 e. The van der Waals surface area contributed by atoms with Gasteiger partial charge in [-0.05, 0) is 12.1 Å². The molecule has 50 valence electrons. The molecule has 0 unspecified atom stereocenters. The molecule has 0 rings (SSSR count). The van der Waals surface area contributed by atoms with Gasteiger partial charge in [0.2, 0.25) is 0 Å². The molecule has 0 aromatic carbocycles. The lowest BCUT2D eigenvalue weighted by atomic mass is 10.4. The van der Waals surface area contributed by atoms with Gasteiger partial charge in [0.25, 0.3) is 0 Å². The Morgan fingerprint density at radius 1 is 1.38 bits per heavy atom. The summed E-state index contributed by atoms with van der Waals surface area (Å²) in [4.78, 5) is 0. The second-order valence-electron chi connectivity index (χ2n) is 3.74. The fourth-order valence-electron chi connectivity index (χ4n) is 0.966. The SMILES string of the molecule is C[C@H](N)C[Si](C)(C)C. The number of nitrogens with two attached hydrogens (primary N) is 1. The molecule has 0 aliphatic heterocycles. The zero-order chi connectivity index (χ0) is 6.78. The van der Waals surface area contributed by atoms with Crippen LogP contribution >= 0.6 is 0 Å². The molecule has 0 fully saturated rings. The predicted octanol–water partition coefficient (Wildman–Crippen LogP) is 1.67. The minimum Gasteiger partial charge on any atom is -0.328 e. The molecular weight excluding hydrogens is 114 g/mol. The molecule has 0 aromatic rings. The van der Waals surface area contributed by atoms with E-state index >= 15 is 0 Å². The largest absolute Gasteiger partial charge is 0.328 e. The normalized spacial score (nSPS) is 16.1. The van der Waals surface area contributed by atoms with Gasteiger partial charge in [0.1, 0.15) is 0 Å². The molecule has 0 amide bonds. The van der Waals surface area contributed by atoms with Gasteiger partial charge in [-0.15, -0.1) is 0 Å². The minimum absolute atomic E-state index is 0.404. The first-order chi connectivity index (χ1) is 3.42. The van der Waals surface area contributed by atoms with Crippen LogP contribution in [0.2, 0.25) is 25.7 Å². The van der Waals surface area contributed by atoms with Crippen molar-refractivity contribution in [3.05, 3.63) is 0 Å². The van der Waals surface area contributed by atoms with E-state index in [2.05, 4.69) is 26.6 Å². The summed E-state index contributed by atoms with van der Waals surface area (Å²) in [6.45, 7) is 9.11. The Bertz CT molecular complexity index is 63.4. The third kappa shape index (κ3) is 6.18. The second-order valence-corrected chi connectivity index (χ2v) is 9.27. The molecule has 0 saturated heterocycles. The van der Waals surface area contributed by atoms with Crippen molar-refractivity contribution in [2.45, 2.75) is 38.7 Å². The Morgan fingerprint density at radius 3 is 1.75 bits per heavy atom. The fraction of sp³-hybridized carbons (Fsp3) is 1.00. The van der Waals surface area contributed by atoms with Crippen molar-refractivity contribution in [1.29, 1.82) is 0 Å². The fourth-order valence-corrected chi connectivity index (χ4v) is 2.90. The first-order valence-corrected chi connectivity index (χ1v) is 6.88. The van der Waals surface area contributed by atoms with Crippen LogP contribution in [0.3, 0.4) is 0 Å². The highest BCUT2D eigenvalue weighted by molar-refractivity contribution is 6.76. The first-order valence-electron chi connectivity index (χ1n) is 3.17. The topological polar surface area (TPSA) is 26.0 Å². The smallest absolute Gasteiger partial charge is 0.0457 e. The van der Waals surface area contributed by atoms with Crippen molar-refractivity contribution >= 4 is 8.07 Å². The average molecular weight is 131 g/mol. The van der Waals surface area contributed by atoms with Gasteiger partial charge in [-0.3, -0.25) is 0 Å². The molecule has 2 heteroatoms. The van der Waals surface area contributed by atoms with Crippen molar-refractivity contribution in [2.24, 2.45) is 5.73 Å². The van der Waals surface area contributed by atoms with E-state index in [0.29, 0.717) is 6.04 Å². The van der Waals surface area contributed by atoms with Gasteiger partial charge in [-0.1, -0.05) is 26.6 Å². The van der Waals surface area contributed by atoms with Crippen LogP contribution < -0.4 is 5.73 Å². The molecule has 8 heavy (non-hydrogen) atoms. The van der Waals surface area contributed by atoms with Crippen molar-refractivity contribution in [3.63, 3.8) is 0 Å². The molecule has 0 aliphatic carbocycles. The highest BCUT2D eigenvalue weighted by Gasteiger charge is 2.13. The molecule has 0 bridgehead atoms. The van der Waals surface area contributed by atoms with Crippen LogP contribution in [-0.4, -0.2) is 14.1 Å². The maximum atomic E-state index is 5.61. The van der Waals surface area contributed by atoms with E-state index in [0.717, 1.165) is 0 Å². The van der Waals surface area contributed by atoms with Crippen LogP contribution in [0.5, 0.6) is 0 Å². The average Bonchev–Trinajstić information content (AvgIpc) is 1.21. The first kappa shape index (κ1) is 8.18. The lowest BCUT2D eigenvalue weighted by Gasteiger charge is -2.17. The molecule has 1 atom stereocenters. The molecule has 0 aliphatic rings. The molecule has 1 nitrogen and oxygen atoms in total. The zero-order valence-electron chi connectivity index (χ0n) is 6.36. The van der Waals surface area contributed by atoms with Gasteiger partial charge in [-0.25, -0.2) is 0 Å². The zero-order valence-corrected chi connectivity index (χ0v) is 7.36. The quantitative estimate of drug-likeness (QED) is 0.567. The van der Waals surface area contributed by atoms with Crippen molar-refractivity contribution in [2.75, 3.05) is 0 Å². The number of rotatable bonds is 2. The molecular formula is C6H17NSi. The van der Waals surface area contributed by atoms with E-state index in [4.69, 9.17) is 5.73 Å². The Hall–Kier alpha value is 0.177. The highest BCUT2D eigenvalue weighted by Crippen LogP contribution is 2.08. The van der Waals surface area contributed by atoms with Crippen LogP contribution in [0.15, 0.2) is 0 Å². The van der Waals surface area contributed by atoms with Crippen LogP contribution in [0, 0.1) is 0 Å². The molecule has 0 radical (unpaired) electrons. The molecule has 0 heterocycles. The Morgan fingerprint density at radius 2 is 1.75 bits per heavy atom. The number of hydrogen-bond donors (Lipinski definition) is 1. The minimum atomic E-state index is -0.845. The summed E-state index contributed by atoms with van der Waals surface area (Å²) in [5.74, 6) is 0. The van der Waals surface area contributed by atoms with Crippen LogP contribution in [0.1, 0.15) is 6.92 Å². The molecule has 0 spiro atoms. The summed E-state index contributed by atoms with van der Waals surface area (Å²) in [5.41, 5.74) is 5.61. The third-order valence-electron chi connectivity index (χ3n) is 0.934. The molecule has 0 aromatic heterocycles. The third-order valence-corrected chi connectivity index (χ3v) is 2.80. The number of hydrogen-bond acceptors (Lipinski definition) is 1. The summed E-state index contributed by atoms with van der Waals surface area (Å²) in [6.07, 6.45) is 0. The Kier molecular flexibility index (Phi) is 2.70. The van der Waals surface area contributed by atoms with Gasteiger partial charge >= 0.3 is 0 Å². The standard InChI is InChI=1S/C6H17NSi/c1-6(7)5-8(2,3)4/h6H,5,7H2,1-4H3/t6-/m0/s1. The summed E-state index contributed by atoms with van der Waals surface area (Å²) in [7, 11) is -0.845. The van der Waals surface area contributed by atoms with E-state index in [-0.39, 0.29) is 0 Å². The highest BCUT2D eigenvalue weighted by atomic mass is 28.3. The Balaban J connectivity index is 3.39. The van der Waals surface area contributed by atoms with Crippen LogP contribution in [0.4, 0.5) is 0 Å². The van der Waals surface area contributed by atoms with Crippen molar-refractivity contribution < 1.29 is 0 Å². The van der Waals surface area contributed by atoms with Gasteiger partial charge in [-0.2, -0.15) is 0 Å². The molecule has 2 N–H and O–H groups in total.